The Hall–Kier alpha value is -2.52. The molecule has 0 aliphatic heterocycles. The number of carbonyl (C=O) groups excluding carboxylic acids is 1. The smallest absolute Gasteiger partial charge is 0.332 e. The van der Waals surface area contributed by atoms with Crippen LogP contribution in [0.15, 0.2) is 21.9 Å². The number of anilines is 1. The van der Waals surface area contributed by atoms with Crippen molar-refractivity contribution in [3.63, 3.8) is 0 Å². The number of hydrogen-bond acceptors (Lipinski definition) is 6. The summed E-state index contributed by atoms with van der Waals surface area (Å²) in [6.45, 7) is 0.225. The number of ether oxygens (including phenoxy) is 1. The standard InChI is InChI=1S/C14H19N5O4/c1-18-12-10(13(21)19(2)14(18)22)4-8(7-16-12)17-11(20)5-9(6-15)23-3/h4,7,9H,5-6,15H2,1-3H3,(H,17,20). The average molecular weight is 321 g/mol. The zero-order valence-corrected chi connectivity index (χ0v) is 13.2. The number of nitrogens with two attached hydrogens (primary N) is 1. The molecule has 2 heterocycles. The topological polar surface area (TPSA) is 121 Å². The molecule has 0 saturated carbocycles. The summed E-state index contributed by atoms with van der Waals surface area (Å²) in [6.07, 6.45) is 1.11. The number of nitrogens with one attached hydrogen (secondary N) is 1. The summed E-state index contributed by atoms with van der Waals surface area (Å²) < 4.78 is 7.32. The molecule has 1 amide bonds. The van der Waals surface area contributed by atoms with Crippen LogP contribution in [0.4, 0.5) is 5.69 Å². The predicted octanol–water partition coefficient (Wildman–Crippen LogP) is -1.07. The van der Waals surface area contributed by atoms with Crippen LogP contribution in [0.2, 0.25) is 0 Å². The number of methoxy groups -OCH3 is 1. The van der Waals surface area contributed by atoms with E-state index in [0.717, 1.165) is 4.57 Å². The first kappa shape index (κ1) is 16.8. The van der Waals surface area contributed by atoms with Crippen LogP contribution >= 0.6 is 0 Å². The highest BCUT2D eigenvalue weighted by Crippen LogP contribution is 2.12. The zero-order chi connectivity index (χ0) is 17.1. The minimum Gasteiger partial charge on any atom is -0.380 e. The highest BCUT2D eigenvalue weighted by Gasteiger charge is 2.14. The lowest BCUT2D eigenvalue weighted by molar-refractivity contribution is -0.118. The fourth-order valence-corrected chi connectivity index (χ4v) is 2.22. The van der Waals surface area contributed by atoms with Gasteiger partial charge in [-0.05, 0) is 6.07 Å². The number of fused-ring (bicyclic) bond motifs is 1. The Morgan fingerprint density at radius 1 is 1.39 bits per heavy atom. The second kappa shape index (κ2) is 6.71. The molecular weight excluding hydrogens is 302 g/mol. The lowest BCUT2D eigenvalue weighted by Gasteiger charge is -2.13. The first-order valence-electron chi connectivity index (χ1n) is 6.97. The quantitative estimate of drug-likeness (QED) is 0.723. The molecular formula is C14H19N5O4. The maximum Gasteiger partial charge on any atom is 0.332 e. The van der Waals surface area contributed by atoms with Gasteiger partial charge in [-0.25, -0.2) is 9.78 Å². The number of hydrogen-bond donors (Lipinski definition) is 2. The second-order valence-corrected chi connectivity index (χ2v) is 5.15. The van der Waals surface area contributed by atoms with Crippen molar-refractivity contribution in [1.29, 1.82) is 0 Å². The van der Waals surface area contributed by atoms with E-state index in [-0.39, 0.29) is 36.0 Å². The van der Waals surface area contributed by atoms with Crippen molar-refractivity contribution in [2.24, 2.45) is 19.8 Å². The maximum absolute atomic E-state index is 12.2. The van der Waals surface area contributed by atoms with Crippen molar-refractivity contribution in [3.8, 4) is 0 Å². The van der Waals surface area contributed by atoms with E-state index in [1.54, 1.807) is 0 Å². The number of nitrogens with zero attached hydrogens (tertiary/aromatic N) is 3. The molecule has 1 unspecified atom stereocenters. The predicted molar refractivity (Wildman–Crippen MR) is 85.3 cm³/mol. The van der Waals surface area contributed by atoms with Crippen LogP contribution in [0.1, 0.15) is 6.42 Å². The fraction of sp³-hybridized carbons (Fsp3) is 0.429. The Morgan fingerprint density at radius 2 is 2.09 bits per heavy atom. The number of pyridine rings is 1. The first-order chi connectivity index (χ1) is 10.9. The third kappa shape index (κ3) is 3.30. The van der Waals surface area contributed by atoms with E-state index < -0.39 is 11.2 Å². The number of aromatic nitrogens is 3. The van der Waals surface area contributed by atoms with Crippen molar-refractivity contribution >= 4 is 22.6 Å². The number of amides is 1. The normalized spacial score (nSPS) is 12.3. The van der Waals surface area contributed by atoms with E-state index in [0.29, 0.717) is 5.69 Å². The third-order valence-electron chi connectivity index (χ3n) is 3.59. The van der Waals surface area contributed by atoms with E-state index in [1.807, 2.05) is 0 Å². The second-order valence-electron chi connectivity index (χ2n) is 5.15. The lowest BCUT2D eigenvalue weighted by Crippen LogP contribution is -2.37. The monoisotopic (exact) mass is 321 g/mol. The Bertz CT molecular complexity index is 851. The van der Waals surface area contributed by atoms with Crippen molar-refractivity contribution < 1.29 is 9.53 Å². The van der Waals surface area contributed by atoms with Crippen molar-refractivity contribution in [1.82, 2.24) is 14.1 Å². The van der Waals surface area contributed by atoms with E-state index in [1.165, 1.54) is 38.0 Å². The average Bonchev–Trinajstić information content (AvgIpc) is 2.55. The van der Waals surface area contributed by atoms with Gasteiger partial charge in [0.15, 0.2) is 0 Å². The van der Waals surface area contributed by atoms with Crippen molar-refractivity contribution in [2.75, 3.05) is 19.0 Å². The summed E-state index contributed by atoms with van der Waals surface area (Å²) >= 11 is 0. The molecule has 2 rings (SSSR count). The SMILES string of the molecule is COC(CN)CC(=O)Nc1cnc2c(c1)c(=O)n(C)c(=O)n2C. The van der Waals surface area contributed by atoms with E-state index in [2.05, 4.69) is 10.3 Å². The Morgan fingerprint density at radius 3 is 2.70 bits per heavy atom. The minimum atomic E-state index is -0.469. The highest BCUT2D eigenvalue weighted by molar-refractivity contribution is 5.92. The van der Waals surface area contributed by atoms with Crippen LogP contribution in [-0.2, 0) is 23.6 Å². The number of carbonyl (C=O) groups is 1. The molecule has 9 heteroatoms. The van der Waals surface area contributed by atoms with Gasteiger partial charge >= 0.3 is 5.69 Å². The number of aryl methyl sites for hydroxylation is 1. The van der Waals surface area contributed by atoms with Gasteiger partial charge in [0.05, 0.1) is 29.8 Å². The van der Waals surface area contributed by atoms with Gasteiger partial charge in [0.1, 0.15) is 5.65 Å². The molecule has 2 aromatic heterocycles. The Kier molecular flexibility index (Phi) is 4.92. The summed E-state index contributed by atoms with van der Waals surface area (Å²) in [5.74, 6) is -0.301. The molecule has 124 valence electrons. The van der Waals surface area contributed by atoms with Gasteiger partial charge in [0.25, 0.3) is 5.56 Å². The van der Waals surface area contributed by atoms with Gasteiger partial charge in [-0.1, -0.05) is 0 Å². The lowest BCUT2D eigenvalue weighted by atomic mass is 10.2. The number of rotatable bonds is 5. The van der Waals surface area contributed by atoms with Gasteiger partial charge in [-0.2, -0.15) is 0 Å². The van der Waals surface area contributed by atoms with E-state index in [4.69, 9.17) is 10.5 Å². The van der Waals surface area contributed by atoms with Gasteiger partial charge < -0.3 is 15.8 Å². The molecule has 2 aromatic rings. The molecule has 0 aliphatic rings. The van der Waals surface area contributed by atoms with Crippen LogP contribution in [0, 0.1) is 0 Å². The Balaban J connectivity index is 2.36. The first-order valence-corrected chi connectivity index (χ1v) is 6.97. The summed E-state index contributed by atoms with van der Waals surface area (Å²) in [5.41, 5.74) is 5.17. The summed E-state index contributed by atoms with van der Waals surface area (Å²) in [6, 6.07) is 1.49. The third-order valence-corrected chi connectivity index (χ3v) is 3.59. The highest BCUT2D eigenvalue weighted by atomic mass is 16.5. The molecule has 3 N–H and O–H groups in total. The molecule has 0 bridgehead atoms. The minimum absolute atomic E-state index is 0.0936. The molecule has 0 aliphatic carbocycles. The molecule has 0 fully saturated rings. The molecule has 0 spiro atoms. The molecule has 23 heavy (non-hydrogen) atoms. The molecule has 0 aromatic carbocycles. The van der Waals surface area contributed by atoms with Gasteiger partial charge in [0.2, 0.25) is 5.91 Å². The summed E-state index contributed by atoms with van der Waals surface area (Å²) in [5, 5.41) is 2.89. The van der Waals surface area contributed by atoms with Crippen LogP contribution in [0.25, 0.3) is 11.0 Å². The molecule has 0 radical (unpaired) electrons. The largest absolute Gasteiger partial charge is 0.380 e. The molecule has 0 saturated heterocycles. The van der Waals surface area contributed by atoms with Crippen molar-refractivity contribution in [3.05, 3.63) is 33.1 Å². The van der Waals surface area contributed by atoms with Crippen molar-refractivity contribution in [2.45, 2.75) is 12.5 Å². The zero-order valence-electron chi connectivity index (χ0n) is 13.2. The van der Waals surface area contributed by atoms with Crippen LogP contribution in [0.5, 0.6) is 0 Å². The molecule has 1 atom stereocenters. The summed E-state index contributed by atoms with van der Waals surface area (Å²) in [4.78, 5) is 40.0. The molecule has 9 nitrogen and oxygen atoms in total. The van der Waals surface area contributed by atoms with Gasteiger partial charge in [-0.3, -0.25) is 18.7 Å². The van der Waals surface area contributed by atoms with Gasteiger partial charge in [0, 0.05) is 27.7 Å². The van der Waals surface area contributed by atoms with Gasteiger partial charge in [-0.15, -0.1) is 0 Å². The van der Waals surface area contributed by atoms with E-state index >= 15 is 0 Å². The van der Waals surface area contributed by atoms with Crippen LogP contribution < -0.4 is 22.3 Å². The van der Waals surface area contributed by atoms with Crippen LogP contribution in [0.3, 0.4) is 0 Å². The maximum atomic E-state index is 12.2. The summed E-state index contributed by atoms with van der Waals surface area (Å²) in [7, 11) is 4.40. The fourth-order valence-electron chi connectivity index (χ4n) is 2.22. The Labute approximate surface area is 131 Å². The van der Waals surface area contributed by atoms with E-state index in [9.17, 15) is 14.4 Å². The van der Waals surface area contributed by atoms with Crippen LogP contribution in [-0.4, -0.2) is 39.8 Å².